The average molecular weight is 258 g/mol. The number of halogens is 1. The summed E-state index contributed by atoms with van der Waals surface area (Å²) in [6.45, 7) is 0.968. The van der Waals surface area contributed by atoms with E-state index in [1.165, 1.54) is 6.07 Å². The second-order valence-corrected chi connectivity index (χ2v) is 4.00. The number of nitrogens with zero attached hydrogens (tertiary/aromatic N) is 1. The standard InChI is InChI=1S/C11H15FN2O4/c1-2-11(6-15,7-16)13-10-4-3-8(14(17)18)5-9(10)12/h3-5,13,15-16H,2,6-7H2,1H3. The average Bonchev–Trinajstić information content (AvgIpc) is 2.38. The molecule has 0 amide bonds. The number of hydrogen-bond donors (Lipinski definition) is 3. The van der Waals surface area contributed by atoms with Crippen molar-refractivity contribution in [2.75, 3.05) is 18.5 Å². The Hall–Kier alpha value is -1.73. The van der Waals surface area contributed by atoms with Crippen molar-refractivity contribution in [1.82, 2.24) is 0 Å². The maximum atomic E-state index is 13.6. The van der Waals surface area contributed by atoms with E-state index < -0.39 is 16.3 Å². The number of nitro benzene ring substituents is 1. The van der Waals surface area contributed by atoms with Gasteiger partial charge in [-0.15, -0.1) is 0 Å². The molecule has 1 aromatic rings. The van der Waals surface area contributed by atoms with Crippen LogP contribution in [-0.4, -0.2) is 33.9 Å². The van der Waals surface area contributed by atoms with Crippen LogP contribution >= 0.6 is 0 Å². The molecule has 0 aliphatic rings. The highest BCUT2D eigenvalue weighted by atomic mass is 19.1. The lowest BCUT2D eigenvalue weighted by atomic mass is 9.98. The topological polar surface area (TPSA) is 95.6 Å². The molecule has 0 heterocycles. The molecule has 0 fully saturated rings. The second-order valence-electron chi connectivity index (χ2n) is 4.00. The van der Waals surface area contributed by atoms with Crippen molar-refractivity contribution >= 4 is 11.4 Å². The number of hydrogen-bond acceptors (Lipinski definition) is 5. The molecule has 18 heavy (non-hydrogen) atoms. The van der Waals surface area contributed by atoms with Gasteiger partial charge in [-0.1, -0.05) is 6.92 Å². The van der Waals surface area contributed by atoms with Crippen LogP contribution in [0.15, 0.2) is 18.2 Å². The van der Waals surface area contributed by atoms with E-state index in [1.54, 1.807) is 6.92 Å². The maximum Gasteiger partial charge on any atom is 0.272 e. The van der Waals surface area contributed by atoms with Gasteiger partial charge in [0.2, 0.25) is 0 Å². The minimum atomic E-state index is -1.04. The third-order valence-electron chi connectivity index (χ3n) is 2.85. The number of nitro groups is 1. The minimum absolute atomic E-state index is 0.00514. The summed E-state index contributed by atoms with van der Waals surface area (Å²) >= 11 is 0. The molecule has 1 aromatic carbocycles. The molecule has 7 heteroatoms. The Kier molecular flexibility index (Phi) is 4.57. The van der Waals surface area contributed by atoms with Crippen molar-refractivity contribution in [2.24, 2.45) is 0 Å². The van der Waals surface area contributed by atoms with Gasteiger partial charge >= 0.3 is 0 Å². The van der Waals surface area contributed by atoms with Gasteiger partial charge in [0.15, 0.2) is 5.82 Å². The van der Waals surface area contributed by atoms with Crippen molar-refractivity contribution in [3.63, 3.8) is 0 Å². The second kappa shape index (κ2) is 5.74. The first kappa shape index (κ1) is 14.3. The third kappa shape index (κ3) is 2.93. The van der Waals surface area contributed by atoms with Crippen molar-refractivity contribution in [3.05, 3.63) is 34.1 Å². The van der Waals surface area contributed by atoms with Gasteiger partial charge in [0.05, 0.1) is 35.4 Å². The molecule has 100 valence electrons. The van der Waals surface area contributed by atoms with E-state index in [4.69, 9.17) is 0 Å². The fourth-order valence-corrected chi connectivity index (χ4v) is 1.45. The van der Waals surface area contributed by atoms with Crippen molar-refractivity contribution in [2.45, 2.75) is 18.9 Å². The molecule has 0 unspecified atom stereocenters. The Bertz CT molecular complexity index is 427. The fourth-order valence-electron chi connectivity index (χ4n) is 1.45. The highest BCUT2D eigenvalue weighted by Crippen LogP contribution is 2.24. The van der Waals surface area contributed by atoms with E-state index in [2.05, 4.69) is 5.32 Å². The van der Waals surface area contributed by atoms with E-state index in [-0.39, 0.29) is 24.6 Å². The quantitative estimate of drug-likeness (QED) is 0.527. The highest BCUT2D eigenvalue weighted by Gasteiger charge is 2.27. The summed E-state index contributed by atoms with van der Waals surface area (Å²) in [5.74, 6) is -0.802. The first-order valence-corrected chi connectivity index (χ1v) is 5.42. The van der Waals surface area contributed by atoms with Crippen LogP contribution in [0.4, 0.5) is 15.8 Å². The number of anilines is 1. The molecule has 0 radical (unpaired) electrons. The van der Waals surface area contributed by atoms with E-state index in [0.29, 0.717) is 6.42 Å². The van der Waals surface area contributed by atoms with Gasteiger partial charge < -0.3 is 15.5 Å². The Labute approximate surface area is 103 Å². The molecule has 0 spiro atoms. The first-order chi connectivity index (χ1) is 8.48. The summed E-state index contributed by atoms with van der Waals surface area (Å²) in [6, 6.07) is 3.15. The number of aliphatic hydroxyl groups excluding tert-OH is 2. The van der Waals surface area contributed by atoms with Crippen molar-refractivity contribution in [3.8, 4) is 0 Å². The number of nitrogens with one attached hydrogen (secondary N) is 1. The summed E-state index contributed by atoms with van der Waals surface area (Å²) in [5.41, 5.74) is -1.39. The molecule has 3 N–H and O–H groups in total. The van der Waals surface area contributed by atoms with Crippen molar-refractivity contribution in [1.29, 1.82) is 0 Å². The lowest BCUT2D eigenvalue weighted by Gasteiger charge is -2.30. The Balaban J connectivity index is 3.01. The number of rotatable bonds is 6. The molecule has 0 aromatic heterocycles. The van der Waals surface area contributed by atoms with Gasteiger partial charge in [-0.2, -0.15) is 0 Å². The van der Waals surface area contributed by atoms with E-state index in [1.807, 2.05) is 0 Å². The third-order valence-corrected chi connectivity index (χ3v) is 2.85. The first-order valence-electron chi connectivity index (χ1n) is 5.42. The molecule has 1 rings (SSSR count). The molecule has 0 bridgehead atoms. The molecule has 0 aliphatic heterocycles. The van der Waals surface area contributed by atoms with Gasteiger partial charge in [-0.05, 0) is 12.5 Å². The van der Waals surface area contributed by atoms with Gasteiger partial charge in [0.25, 0.3) is 5.69 Å². The monoisotopic (exact) mass is 258 g/mol. The van der Waals surface area contributed by atoms with Crippen LogP contribution in [0, 0.1) is 15.9 Å². The number of non-ortho nitro benzene ring substituents is 1. The summed E-state index contributed by atoms with van der Waals surface area (Å²) in [7, 11) is 0. The van der Waals surface area contributed by atoms with Gasteiger partial charge in [0.1, 0.15) is 0 Å². The molecule has 6 nitrogen and oxygen atoms in total. The summed E-state index contributed by atoms with van der Waals surface area (Å²) in [5, 5.41) is 31.6. The zero-order valence-electron chi connectivity index (χ0n) is 9.89. The Morgan fingerprint density at radius 3 is 2.44 bits per heavy atom. The molecule has 0 atom stereocenters. The van der Waals surface area contributed by atoms with Crippen LogP contribution in [-0.2, 0) is 0 Å². The fraction of sp³-hybridized carbons (Fsp3) is 0.455. The predicted molar refractivity (Wildman–Crippen MR) is 63.9 cm³/mol. The van der Waals surface area contributed by atoms with Gasteiger partial charge in [0, 0.05) is 6.07 Å². The van der Waals surface area contributed by atoms with E-state index in [0.717, 1.165) is 12.1 Å². The minimum Gasteiger partial charge on any atom is -0.394 e. The maximum absolute atomic E-state index is 13.6. The predicted octanol–water partition coefficient (Wildman–Crippen LogP) is 1.28. The molecular formula is C11H15FN2O4. The van der Waals surface area contributed by atoms with Gasteiger partial charge in [-0.3, -0.25) is 10.1 Å². The normalized spacial score (nSPS) is 11.3. The van der Waals surface area contributed by atoms with E-state index in [9.17, 15) is 24.7 Å². The zero-order valence-corrected chi connectivity index (χ0v) is 9.89. The SMILES string of the molecule is CCC(CO)(CO)Nc1ccc([N+](=O)[O-])cc1F. The largest absolute Gasteiger partial charge is 0.394 e. The molecule has 0 aliphatic carbocycles. The van der Waals surface area contributed by atoms with Crippen LogP contribution in [0.2, 0.25) is 0 Å². The van der Waals surface area contributed by atoms with E-state index >= 15 is 0 Å². The summed E-state index contributed by atoms with van der Waals surface area (Å²) in [6.07, 6.45) is 0.371. The van der Waals surface area contributed by atoms with Crippen LogP contribution in [0.3, 0.4) is 0 Å². The van der Waals surface area contributed by atoms with Crippen molar-refractivity contribution < 1.29 is 19.5 Å². The van der Waals surface area contributed by atoms with Crippen LogP contribution in [0.1, 0.15) is 13.3 Å². The lowest BCUT2D eigenvalue weighted by Crippen LogP contribution is -2.45. The molecule has 0 saturated carbocycles. The van der Waals surface area contributed by atoms with Gasteiger partial charge in [-0.25, -0.2) is 4.39 Å². The zero-order chi connectivity index (χ0) is 13.8. The Morgan fingerprint density at radius 1 is 1.44 bits per heavy atom. The lowest BCUT2D eigenvalue weighted by molar-refractivity contribution is -0.385. The molecule has 0 saturated heterocycles. The molecular weight excluding hydrogens is 243 g/mol. The highest BCUT2D eigenvalue weighted by molar-refractivity contribution is 5.51. The van der Waals surface area contributed by atoms with Crippen LogP contribution in [0.25, 0.3) is 0 Å². The summed E-state index contributed by atoms with van der Waals surface area (Å²) < 4.78 is 13.6. The Morgan fingerprint density at radius 2 is 2.06 bits per heavy atom. The van der Waals surface area contributed by atoms with Crippen LogP contribution in [0.5, 0.6) is 0 Å². The smallest absolute Gasteiger partial charge is 0.272 e. The summed E-state index contributed by atoms with van der Waals surface area (Å²) in [4.78, 5) is 9.76. The van der Waals surface area contributed by atoms with Crippen LogP contribution < -0.4 is 5.32 Å². The number of aliphatic hydroxyl groups is 2. The number of benzene rings is 1.